The van der Waals surface area contributed by atoms with Crippen LogP contribution in [0.25, 0.3) is 11.1 Å². The van der Waals surface area contributed by atoms with Crippen molar-refractivity contribution in [2.45, 2.75) is 6.61 Å². The molecule has 120 valence electrons. The predicted octanol–water partition coefficient (Wildman–Crippen LogP) is 5.28. The van der Waals surface area contributed by atoms with Gasteiger partial charge in [0.15, 0.2) is 0 Å². The number of carboxylic acid groups (broad SMARTS) is 1. The fourth-order valence-electron chi connectivity index (χ4n) is 2.44. The summed E-state index contributed by atoms with van der Waals surface area (Å²) in [5, 5.41) is 9.86. The highest BCUT2D eigenvalue weighted by Gasteiger charge is 2.12. The molecular formula is C20H15ClO3. The molecule has 0 aliphatic rings. The minimum absolute atomic E-state index is 0.208. The molecule has 3 rings (SSSR count). The van der Waals surface area contributed by atoms with E-state index < -0.39 is 5.97 Å². The van der Waals surface area contributed by atoms with Gasteiger partial charge in [-0.2, -0.15) is 0 Å². The summed E-state index contributed by atoms with van der Waals surface area (Å²) in [5.41, 5.74) is 2.59. The maximum Gasteiger partial charge on any atom is 0.336 e. The van der Waals surface area contributed by atoms with Crippen molar-refractivity contribution in [3.63, 3.8) is 0 Å². The van der Waals surface area contributed by atoms with Gasteiger partial charge in [-0.1, -0.05) is 54.1 Å². The molecule has 0 saturated carbocycles. The third-order valence-electron chi connectivity index (χ3n) is 3.61. The maximum absolute atomic E-state index is 11.4. The van der Waals surface area contributed by atoms with Crippen LogP contribution in [-0.4, -0.2) is 11.1 Å². The van der Waals surface area contributed by atoms with E-state index in [-0.39, 0.29) is 5.56 Å². The zero-order chi connectivity index (χ0) is 16.9. The molecule has 0 atom stereocenters. The average Bonchev–Trinajstić information content (AvgIpc) is 2.61. The first-order chi connectivity index (χ1) is 11.6. The lowest BCUT2D eigenvalue weighted by molar-refractivity contribution is 0.0697. The smallest absolute Gasteiger partial charge is 0.336 e. The van der Waals surface area contributed by atoms with E-state index >= 15 is 0 Å². The molecule has 1 N–H and O–H groups in total. The molecule has 24 heavy (non-hydrogen) atoms. The molecule has 4 heteroatoms. The predicted molar refractivity (Wildman–Crippen MR) is 94.6 cm³/mol. The molecule has 3 aromatic rings. The van der Waals surface area contributed by atoms with Crippen molar-refractivity contribution in [3.8, 4) is 16.9 Å². The summed E-state index contributed by atoms with van der Waals surface area (Å²) in [6, 6.07) is 21.9. The highest BCUT2D eigenvalue weighted by Crippen LogP contribution is 2.30. The van der Waals surface area contributed by atoms with Gasteiger partial charge in [-0.3, -0.25) is 0 Å². The fourth-order valence-corrected chi connectivity index (χ4v) is 2.61. The second-order valence-electron chi connectivity index (χ2n) is 5.30. The standard InChI is InChI=1S/C20H15ClO3/c21-16-9-10-18(20(22)23)19(12-16)15-7-4-8-17(11-15)24-13-14-5-2-1-3-6-14/h1-12H,13H2,(H,22,23). The van der Waals surface area contributed by atoms with Crippen LogP contribution >= 0.6 is 11.6 Å². The topological polar surface area (TPSA) is 46.5 Å². The number of hydrogen-bond acceptors (Lipinski definition) is 2. The first-order valence-corrected chi connectivity index (χ1v) is 7.81. The summed E-state index contributed by atoms with van der Waals surface area (Å²) >= 11 is 6.03. The minimum atomic E-state index is -0.989. The summed E-state index contributed by atoms with van der Waals surface area (Å²) in [7, 11) is 0. The third kappa shape index (κ3) is 3.76. The molecule has 0 unspecified atom stereocenters. The highest BCUT2D eigenvalue weighted by atomic mass is 35.5. The number of aromatic carboxylic acids is 1. The van der Waals surface area contributed by atoms with Crippen LogP contribution in [0.3, 0.4) is 0 Å². The van der Waals surface area contributed by atoms with E-state index in [2.05, 4.69) is 0 Å². The van der Waals surface area contributed by atoms with Crippen LogP contribution in [0.2, 0.25) is 5.02 Å². The van der Waals surface area contributed by atoms with Gasteiger partial charge in [0.05, 0.1) is 5.56 Å². The zero-order valence-electron chi connectivity index (χ0n) is 12.8. The Morgan fingerprint density at radius 2 is 1.75 bits per heavy atom. The monoisotopic (exact) mass is 338 g/mol. The Bertz CT molecular complexity index is 860. The van der Waals surface area contributed by atoms with Gasteiger partial charge in [0.2, 0.25) is 0 Å². The molecule has 0 aromatic heterocycles. The van der Waals surface area contributed by atoms with Crippen LogP contribution in [0.1, 0.15) is 15.9 Å². The first-order valence-electron chi connectivity index (χ1n) is 7.43. The number of hydrogen-bond donors (Lipinski definition) is 1. The number of halogens is 1. The largest absolute Gasteiger partial charge is 0.489 e. The Morgan fingerprint density at radius 1 is 0.958 bits per heavy atom. The van der Waals surface area contributed by atoms with Gasteiger partial charge in [0.1, 0.15) is 12.4 Å². The number of ether oxygens (including phenoxy) is 1. The van der Waals surface area contributed by atoms with Crippen LogP contribution in [0, 0.1) is 0 Å². The van der Waals surface area contributed by atoms with E-state index in [1.54, 1.807) is 12.1 Å². The molecule has 0 aliphatic carbocycles. The van der Waals surface area contributed by atoms with Crippen molar-refractivity contribution in [1.82, 2.24) is 0 Å². The molecule has 0 fully saturated rings. The second-order valence-corrected chi connectivity index (χ2v) is 5.73. The zero-order valence-corrected chi connectivity index (χ0v) is 13.5. The van der Waals surface area contributed by atoms with Gasteiger partial charge in [0.25, 0.3) is 0 Å². The van der Waals surface area contributed by atoms with Crippen LogP contribution in [0.15, 0.2) is 72.8 Å². The van der Waals surface area contributed by atoms with Gasteiger partial charge in [0, 0.05) is 5.02 Å². The van der Waals surface area contributed by atoms with Crippen LogP contribution in [-0.2, 0) is 6.61 Å². The molecule has 3 aromatic carbocycles. The van der Waals surface area contributed by atoms with Crippen molar-refractivity contribution in [2.75, 3.05) is 0 Å². The summed E-state index contributed by atoms with van der Waals surface area (Å²) in [4.78, 5) is 11.4. The third-order valence-corrected chi connectivity index (χ3v) is 3.84. The Kier molecular flexibility index (Phi) is 4.82. The van der Waals surface area contributed by atoms with Gasteiger partial charge in [-0.05, 0) is 47.0 Å². The van der Waals surface area contributed by atoms with E-state index in [1.807, 2.05) is 54.6 Å². The Hall–Kier alpha value is -2.78. The summed E-state index contributed by atoms with van der Waals surface area (Å²) in [6.07, 6.45) is 0. The first kappa shape index (κ1) is 16.1. The minimum Gasteiger partial charge on any atom is -0.489 e. The SMILES string of the molecule is O=C(O)c1ccc(Cl)cc1-c1cccc(OCc2ccccc2)c1. The fraction of sp³-hybridized carbons (Fsp3) is 0.0500. The van der Waals surface area contributed by atoms with Gasteiger partial charge in [-0.25, -0.2) is 4.79 Å². The van der Waals surface area contributed by atoms with Crippen molar-refractivity contribution >= 4 is 17.6 Å². The van der Waals surface area contributed by atoms with Crippen molar-refractivity contribution in [3.05, 3.63) is 88.9 Å². The van der Waals surface area contributed by atoms with E-state index in [9.17, 15) is 9.90 Å². The molecule has 0 spiro atoms. The van der Waals surface area contributed by atoms with E-state index in [0.29, 0.717) is 22.9 Å². The van der Waals surface area contributed by atoms with E-state index in [4.69, 9.17) is 16.3 Å². The quantitative estimate of drug-likeness (QED) is 0.688. The second kappa shape index (κ2) is 7.20. The lowest BCUT2D eigenvalue weighted by Gasteiger charge is -2.10. The van der Waals surface area contributed by atoms with E-state index in [1.165, 1.54) is 6.07 Å². The number of benzene rings is 3. The lowest BCUT2D eigenvalue weighted by Crippen LogP contribution is -2.00. The molecule has 3 nitrogen and oxygen atoms in total. The molecule has 0 amide bonds. The Balaban J connectivity index is 1.88. The maximum atomic E-state index is 11.4. The number of carbonyl (C=O) groups is 1. The Morgan fingerprint density at radius 3 is 2.50 bits per heavy atom. The molecule has 0 heterocycles. The highest BCUT2D eigenvalue weighted by molar-refractivity contribution is 6.31. The average molecular weight is 339 g/mol. The van der Waals surface area contributed by atoms with Gasteiger partial charge in [-0.15, -0.1) is 0 Å². The van der Waals surface area contributed by atoms with Gasteiger partial charge < -0.3 is 9.84 Å². The van der Waals surface area contributed by atoms with Crippen LogP contribution in [0.4, 0.5) is 0 Å². The molecule has 0 bridgehead atoms. The summed E-state index contributed by atoms with van der Waals surface area (Å²) in [6.45, 7) is 0.450. The number of rotatable bonds is 5. The summed E-state index contributed by atoms with van der Waals surface area (Å²) < 4.78 is 5.80. The molecular weight excluding hydrogens is 324 g/mol. The van der Waals surface area contributed by atoms with Crippen molar-refractivity contribution < 1.29 is 14.6 Å². The van der Waals surface area contributed by atoms with Gasteiger partial charge >= 0.3 is 5.97 Å². The van der Waals surface area contributed by atoms with Crippen LogP contribution in [0.5, 0.6) is 5.75 Å². The lowest BCUT2D eigenvalue weighted by atomic mass is 9.99. The van der Waals surface area contributed by atoms with Crippen LogP contribution < -0.4 is 4.74 Å². The summed E-state index contributed by atoms with van der Waals surface area (Å²) in [5.74, 6) is -0.315. The van der Waals surface area contributed by atoms with Crippen molar-refractivity contribution in [1.29, 1.82) is 0 Å². The molecule has 0 radical (unpaired) electrons. The number of carboxylic acids is 1. The van der Waals surface area contributed by atoms with E-state index in [0.717, 1.165) is 11.1 Å². The van der Waals surface area contributed by atoms with Crippen molar-refractivity contribution in [2.24, 2.45) is 0 Å². The normalized spacial score (nSPS) is 10.4. The molecule has 0 saturated heterocycles. The molecule has 0 aliphatic heterocycles. The Labute approximate surface area is 145 Å².